The van der Waals surface area contributed by atoms with E-state index in [2.05, 4.69) is 5.16 Å². The minimum Gasteiger partial charge on any atom is -0.507 e. The van der Waals surface area contributed by atoms with E-state index in [-0.39, 0.29) is 17.9 Å². The molecule has 0 aromatic heterocycles. The fraction of sp³-hybridized carbons (Fsp3) is 0.333. The van der Waals surface area contributed by atoms with Crippen molar-refractivity contribution in [2.75, 3.05) is 13.1 Å². The molecule has 4 N–H and O–H groups in total. The van der Waals surface area contributed by atoms with Crippen LogP contribution in [-0.2, 0) is 0 Å². The van der Waals surface area contributed by atoms with Gasteiger partial charge in [-0.3, -0.25) is 4.79 Å². The number of carbonyl (C=O) groups is 1. The van der Waals surface area contributed by atoms with E-state index in [1.807, 2.05) is 6.92 Å². The number of hydrogen-bond acceptors (Lipinski definition) is 4. The fourth-order valence-electron chi connectivity index (χ4n) is 1.61. The Hall–Kier alpha value is -2.31. The van der Waals surface area contributed by atoms with Gasteiger partial charge in [0.25, 0.3) is 5.91 Å². The minimum atomic E-state index is -0.632. The number of aromatic hydroxyl groups is 1. The summed E-state index contributed by atoms with van der Waals surface area (Å²) < 4.78 is 12.9. The van der Waals surface area contributed by atoms with Crippen LogP contribution in [0, 0.1) is 5.82 Å². The van der Waals surface area contributed by atoms with E-state index in [1.54, 1.807) is 0 Å². The Labute approximate surface area is 109 Å². The number of amides is 1. The van der Waals surface area contributed by atoms with E-state index >= 15 is 0 Å². The first kappa shape index (κ1) is 14.7. The molecule has 0 spiro atoms. The van der Waals surface area contributed by atoms with Gasteiger partial charge in [-0.15, -0.1) is 0 Å². The highest BCUT2D eigenvalue weighted by atomic mass is 19.1. The molecule has 0 unspecified atom stereocenters. The van der Waals surface area contributed by atoms with Crippen LogP contribution in [0.1, 0.15) is 23.7 Å². The number of amidine groups is 1. The lowest BCUT2D eigenvalue weighted by Gasteiger charge is -2.21. The van der Waals surface area contributed by atoms with Gasteiger partial charge in [-0.05, 0) is 18.6 Å². The first-order valence-electron chi connectivity index (χ1n) is 5.73. The maximum Gasteiger partial charge on any atom is 0.258 e. The van der Waals surface area contributed by atoms with Crippen LogP contribution < -0.4 is 5.73 Å². The minimum absolute atomic E-state index is 0.0272. The monoisotopic (exact) mass is 269 g/mol. The lowest BCUT2D eigenvalue weighted by molar-refractivity contribution is 0.0775. The van der Waals surface area contributed by atoms with Crippen molar-refractivity contribution in [1.82, 2.24) is 4.90 Å². The SMILES string of the molecule is CCCN(C/C(N)=N/O)C(=O)c1ccc(F)cc1O. The summed E-state index contributed by atoms with van der Waals surface area (Å²) in [5.41, 5.74) is 5.34. The van der Waals surface area contributed by atoms with Crippen LogP contribution in [0.15, 0.2) is 23.4 Å². The van der Waals surface area contributed by atoms with Crippen LogP contribution in [0.3, 0.4) is 0 Å². The molecule has 0 saturated heterocycles. The van der Waals surface area contributed by atoms with Crippen molar-refractivity contribution in [2.24, 2.45) is 10.9 Å². The summed E-state index contributed by atoms with van der Waals surface area (Å²) in [6.07, 6.45) is 0.659. The van der Waals surface area contributed by atoms with Crippen LogP contribution in [0.4, 0.5) is 4.39 Å². The number of carbonyl (C=O) groups excluding carboxylic acids is 1. The molecule has 1 aromatic rings. The number of nitrogens with two attached hydrogens (primary N) is 1. The molecule has 6 nitrogen and oxygen atoms in total. The molecule has 1 amide bonds. The first-order chi connectivity index (χ1) is 8.99. The van der Waals surface area contributed by atoms with Crippen molar-refractivity contribution >= 4 is 11.7 Å². The van der Waals surface area contributed by atoms with E-state index in [1.165, 1.54) is 11.0 Å². The Morgan fingerprint density at radius 2 is 2.21 bits per heavy atom. The smallest absolute Gasteiger partial charge is 0.258 e. The largest absolute Gasteiger partial charge is 0.507 e. The summed E-state index contributed by atoms with van der Waals surface area (Å²) in [6.45, 7) is 2.16. The van der Waals surface area contributed by atoms with E-state index in [0.717, 1.165) is 12.1 Å². The van der Waals surface area contributed by atoms with E-state index in [0.29, 0.717) is 13.0 Å². The second-order valence-corrected chi connectivity index (χ2v) is 3.98. The third-order valence-electron chi connectivity index (χ3n) is 2.45. The molecule has 0 aliphatic rings. The molecular weight excluding hydrogens is 253 g/mol. The number of phenols is 1. The van der Waals surface area contributed by atoms with Crippen LogP contribution >= 0.6 is 0 Å². The average Bonchev–Trinajstić information content (AvgIpc) is 2.37. The van der Waals surface area contributed by atoms with E-state index in [4.69, 9.17) is 10.9 Å². The second kappa shape index (κ2) is 6.58. The maximum atomic E-state index is 12.9. The molecule has 0 aliphatic heterocycles. The lowest BCUT2D eigenvalue weighted by Crippen LogP contribution is -2.39. The molecule has 104 valence electrons. The fourth-order valence-corrected chi connectivity index (χ4v) is 1.61. The summed E-state index contributed by atoms with van der Waals surface area (Å²) in [7, 11) is 0. The number of benzene rings is 1. The molecule has 0 heterocycles. The van der Waals surface area contributed by atoms with E-state index < -0.39 is 17.5 Å². The number of rotatable bonds is 5. The van der Waals surface area contributed by atoms with Gasteiger partial charge in [0.2, 0.25) is 0 Å². The van der Waals surface area contributed by atoms with Crippen LogP contribution in [0.5, 0.6) is 5.75 Å². The van der Waals surface area contributed by atoms with Gasteiger partial charge in [0.1, 0.15) is 11.6 Å². The van der Waals surface area contributed by atoms with Gasteiger partial charge < -0.3 is 20.9 Å². The quantitative estimate of drug-likeness (QED) is 0.323. The van der Waals surface area contributed by atoms with Gasteiger partial charge in [-0.25, -0.2) is 4.39 Å². The van der Waals surface area contributed by atoms with Gasteiger partial charge >= 0.3 is 0 Å². The maximum absolute atomic E-state index is 12.9. The lowest BCUT2D eigenvalue weighted by atomic mass is 10.1. The number of nitrogens with zero attached hydrogens (tertiary/aromatic N) is 2. The Morgan fingerprint density at radius 1 is 1.53 bits per heavy atom. The van der Waals surface area contributed by atoms with Crippen molar-refractivity contribution < 1.29 is 19.5 Å². The molecule has 0 aliphatic carbocycles. The van der Waals surface area contributed by atoms with Gasteiger partial charge in [0.05, 0.1) is 12.1 Å². The van der Waals surface area contributed by atoms with Gasteiger partial charge in [0, 0.05) is 12.6 Å². The first-order valence-corrected chi connectivity index (χ1v) is 5.73. The normalized spacial score (nSPS) is 11.4. The summed E-state index contributed by atoms with van der Waals surface area (Å²) in [5, 5.41) is 20.9. The Balaban J connectivity index is 2.98. The van der Waals surface area contributed by atoms with Crippen molar-refractivity contribution in [1.29, 1.82) is 0 Å². The molecule has 19 heavy (non-hydrogen) atoms. The zero-order valence-corrected chi connectivity index (χ0v) is 10.5. The zero-order chi connectivity index (χ0) is 14.4. The van der Waals surface area contributed by atoms with Gasteiger partial charge in [-0.1, -0.05) is 12.1 Å². The third kappa shape index (κ3) is 3.84. The summed E-state index contributed by atoms with van der Waals surface area (Å²) >= 11 is 0. The van der Waals surface area contributed by atoms with Gasteiger partial charge in [-0.2, -0.15) is 0 Å². The molecule has 7 heteroatoms. The number of hydrogen-bond donors (Lipinski definition) is 3. The van der Waals surface area contributed by atoms with Gasteiger partial charge in [0.15, 0.2) is 5.84 Å². The average molecular weight is 269 g/mol. The molecule has 1 rings (SSSR count). The molecule has 1 aromatic carbocycles. The van der Waals surface area contributed by atoms with Crippen molar-refractivity contribution in [3.8, 4) is 5.75 Å². The highest BCUT2D eigenvalue weighted by Crippen LogP contribution is 2.20. The standard InChI is InChI=1S/C12H16FN3O3/c1-2-5-16(7-11(14)15-19)12(18)9-4-3-8(13)6-10(9)17/h3-4,6,17,19H,2,5,7H2,1H3,(H2,14,15). The molecule has 0 saturated carbocycles. The zero-order valence-electron chi connectivity index (χ0n) is 10.5. The Kier molecular flexibility index (Phi) is 5.11. The summed E-state index contributed by atoms with van der Waals surface area (Å²) in [6, 6.07) is 3.14. The summed E-state index contributed by atoms with van der Waals surface area (Å²) in [5.74, 6) is -1.70. The molecule has 0 bridgehead atoms. The second-order valence-electron chi connectivity index (χ2n) is 3.98. The van der Waals surface area contributed by atoms with Crippen molar-refractivity contribution in [3.63, 3.8) is 0 Å². The molecule has 0 fully saturated rings. The van der Waals surface area contributed by atoms with Crippen LogP contribution in [0.25, 0.3) is 0 Å². The third-order valence-corrected chi connectivity index (χ3v) is 2.45. The number of oxime groups is 1. The highest BCUT2D eigenvalue weighted by molar-refractivity contribution is 5.99. The van der Waals surface area contributed by atoms with Crippen LogP contribution in [0.2, 0.25) is 0 Å². The topological polar surface area (TPSA) is 99.1 Å². The number of halogens is 1. The molecule has 0 atom stereocenters. The predicted molar refractivity (Wildman–Crippen MR) is 67.7 cm³/mol. The predicted octanol–water partition coefficient (Wildman–Crippen LogP) is 1.13. The Morgan fingerprint density at radius 3 is 2.74 bits per heavy atom. The van der Waals surface area contributed by atoms with Crippen molar-refractivity contribution in [3.05, 3.63) is 29.6 Å². The summed E-state index contributed by atoms with van der Waals surface area (Å²) in [4.78, 5) is 13.5. The van der Waals surface area contributed by atoms with Crippen LogP contribution in [-0.4, -0.2) is 40.0 Å². The Bertz CT molecular complexity index is 491. The van der Waals surface area contributed by atoms with E-state index in [9.17, 15) is 14.3 Å². The highest BCUT2D eigenvalue weighted by Gasteiger charge is 2.19. The molecule has 0 radical (unpaired) electrons. The van der Waals surface area contributed by atoms with Crippen molar-refractivity contribution in [2.45, 2.75) is 13.3 Å². The molecular formula is C12H16FN3O3. The number of phenolic OH excluding ortho intramolecular Hbond substituents is 1.